The van der Waals surface area contributed by atoms with Gasteiger partial charge in [0, 0.05) is 13.2 Å². The van der Waals surface area contributed by atoms with Gasteiger partial charge < -0.3 is 9.47 Å². The molecule has 0 atom stereocenters. The van der Waals surface area contributed by atoms with E-state index in [1.54, 1.807) is 0 Å². The zero-order chi connectivity index (χ0) is 16.1. The van der Waals surface area contributed by atoms with Crippen LogP contribution in [0.2, 0.25) is 0 Å². The lowest BCUT2D eigenvalue weighted by Gasteiger charge is -2.09. The summed E-state index contributed by atoms with van der Waals surface area (Å²) in [5.41, 5.74) is 0. The van der Waals surface area contributed by atoms with Crippen molar-refractivity contribution in [3.8, 4) is 0 Å². The van der Waals surface area contributed by atoms with Crippen molar-refractivity contribution in [1.82, 2.24) is 0 Å². The van der Waals surface area contributed by atoms with Crippen molar-refractivity contribution in [2.75, 3.05) is 39.6 Å². The first kappa shape index (κ1) is 20.8. The largest absolute Gasteiger partial charge is 0.400 e. The first-order chi connectivity index (χ1) is 9.83. The Morgan fingerprint density at radius 3 is 1.38 bits per heavy atom. The summed E-state index contributed by atoms with van der Waals surface area (Å²) in [4.78, 5) is 0. The summed E-state index contributed by atoms with van der Waals surface area (Å²) in [6.07, 6.45) is 1.88. The molecule has 0 aliphatic carbocycles. The Morgan fingerprint density at radius 1 is 0.667 bits per heavy atom. The predicted molar refractivity (Wildman–Crippen MR) is 81.4 cm³/mol. The molecule has 0 bridgehead atoms. The smallest absolute Gasteiger partial charge is 0.379 e. The normalized spacial score (nSPS) is 12.5. The molecule has 0 fully saturated rings. The SMILES string of the molecule is CC(C)CCOCCOS(=O)(=O)OCCOCCC(C)C. The van der Waals surface area contributed by atoms with Gasteiger partial charge in [-0.05, 0) is 24.7 Å². The first-order valence-electron chi connectivity index (χ1n) is 7.52. The molecule has 0 amide bonds. The van der Waals surface area contributed by atoms with Crippen molar-refractivity contribution in [2.45, 2.75) is 40.5 Å². The van der Waals surface area contributed by atoms with Crippen LogP contribution in [0.4, 0.5) is 0 Å². The molecule has 0 aromatic heterocycles. The van der Waals surface area contributed by atoms with E-state index in [0.29, 0.717) is 25.0 Å². The quantitative estimate of drug-likeness (QED) is 0.456. The van der Waals surface area contributed by atoms with Gasteiger partial charge in [-0.1, -0.05) is 27.7 Å². The van der Waals surface area contributed by atoms with Crippen molar-refractivity contribution in [2.24, 2.45) is 11.8 Å². The van der Waals surface area contributed by atoms with Crippen molar-refractivity contribution >= 4 is 10.4 Å². The molecule has 0 heterocycles. The third-order valence-corrected chi connectivity index (χ3v) is 3.50. The van der Waals surface area contributed by atoms with Gasteiger partial charge in [-0.2, -0.15) is 8.42 Å². The first-order valence-corrected chi connectivity index (χ1v) is 8.86. The van der Waals surface area contributed by atoms with Gasteiger partial charge >= 0.3 is 10.4 Å². The summed E-state index contributed by atoms with van der Waals surface area (Å²) in [6, 6.07) is 0. The fourth-order valence-corrected chi connectivity index (χ4v) is 1.88. The fourth-order valence-electron chi connectivity index (χ4n) is 1.27. The molecule has 0 saturated heterocycles. The van der Waals surface area contributed by atoms with Crippen LogP contribution in [-0.2, 0) is 28.2 Å². The van der Waals surface area contributed by atoms with Gasteiger partial charge in [-0.25, -0.2) is 8.37 Å². The molecule has 0 spiro atoms. The highest BCUT2D eigenvalue weighted by molar-refractivity contribution is 7.81. The van der Waals surface area contributed by atoms with E-state index in [0.717, 1.165) is 12.8 Å². The Balaban J connectivity index is 3.48. The van der Waals surface area contributed by atoms with Crippen LogP contribution in [0, 0.1) is 11.8 Å². The van der Waals surface area contributed by atoms with Crippen LogP contribution in [0.15, 0.2) is 0 Å². The van der Waals surface area contributed by atoms with E-state index in [1.807, 2.05) is 0 Å². The van der Waals surface area contributed by atoms with Crippen LogP contribution >= 0.6 is 0 Å². The van der Waals surface area contributed by atoms with Gasteiger partial charge in [-0.3, -0.25) is 0 Å². The minimum Gasteiger partial charge on any atom is -0.379 e. The lowest BCUT2D eigenvalue weighted by molar-refractivity contribution is 0.0722. The minimum absolute atomic E-state index is 0.0331. The van der Waals surface area contributed by atoms with Crippen LogP contribution < -0.4 is 0 Å². The average Bonchev–Trinajstić information content (AvgIpc) is 2.37. The third-order valence-electron chi connectivity index (χ3n) is 2.59. The Kier molecular flexibility index (Phi) is 12.2. The van der Waals surface area contributed by atoms with E-state index in [4.69, 9.17) is 9.47 Å². The van der Waals surface area contributed by atoms with E-state index >= 15 is 0 Å². The molecular weight excluding hydrogens is 296 g/mol. The topological polar surface area (TPSA) is 71.1 Å². The average molecular weight is 326 g/mol. The molecule has 0 aliphatic rings. The summed E-state index contributed by atoms with van der Waals surface area (Å²) in [5.74, 6) is 1.13. The summed E-state index contributed by atoms with van der Waals surface area (Å²) in [5, 5.41) is 0. The molecule has 6 nitrogen and oxygen atoms in total. The van der Waals surface area contributed by atoms with E-state index in [1.165, 1.54) is 0 Å². The molecule has 0 unspecified atom stereocenters. The zero-order valence-corrected chi connectivity index (χ0v) is 14.5. The monoisotopic (exact) mass is 326 g/mol. The second-order valence-corrected chi connectivity index (χ2v) is 6.93. The molecule has 0 rings (SSSR count). The molecule has 0 N–H and O–H groups in total. The van der Waals surface area contributed by atoms with Gasteiger partial charge in [0.2, 0.25) is 0 Å². The van der Waals surface area contributed by atoms with E-state index in [-0.39, 0.29) is 26.4 Å². The fraction of sp³-hybridized carbons (Fsp3) is 1.00. The lowest BCUT2D eigenvalue weighted by Crippen LogP contribution is -2.17. The van der Waals surface area contributed by atoms with Gasteiger partial charge in [-0.15, -0.1) is 0 Å². The summed E-state index contributed by atoms with van der Waals surface area (Å²) in [7, 11) is -3.95. The standard InChI is InChI=1S/C14H30O6S/c1-13(2)5-7-17-9-11-19-21(15,16)20-12-10-18-8-6-14(3)4/h13-14H,5-12H2,1-4H3. The molecule has 7 heteroatoms. The predicted octanol–water partition coefficient (Wildman–Crippen LogP) is 2.39. The van der Waals surface area contributed by atoms with Crippen LogP contribution in [-0.4, -0.2) is 48.1 Å². The van der Waals surface area contributed by atoms with Gasteiger partial charge in [0.15, 0.2) is 0 Å². The molecule has 128 valence electrons. The van der Waals surface area contributed by atoms with Gasteiger partial charge in [0.25, 0.3) is 0 Å². The van der Waals surface area contributed by atoms with Crippen molar-refractivity contribution in [3.63, 3.8) is 0 Å². The maximum absolute atomic E-state index is 11.4. The van der Waals surface area contributed by atoms with Crippen molar-refractivity contribution in [3.05, 3.63) is 0 Å². The molecule has 0 radical (unpaired) electrons. The van der Waals surface area contributed by atoms with Crippen LogP contribution in [0.3, 0.4) is 0 Å². The van der Waals surface area contributed by atoms with Crippen LogP contribution in [0.1, 0.15) is 40.5 Å². The molecule has 21 heavy (non-hydrogen) atoms. The summed E-state index contributed by atoms with van der Waals surface area (Å²) < 4.78 is 42.5. The number of hydrogen-bond acceptors (Lipinski definition) is 6. The van der Waals surface area contributed by atoms with Crippen LogP contribution in [0.5, 0.6) is 0 Å². The van der Waals surface area contributed by atoms with Gasteiger partial charge in [0.05, 0.1) is 26.4 Å². The lowest BCUT2D eigenvalue weighted by atomic mass is 10.1. The van der Waals surface area contributed by atoms with Crippen LogP contribution in [0.25, 0.3) is 0 Å². The maximum atomic E-state index is 11.4. The Morgan fingerprint density at radius 2 is 1.05 bits per heavy atom. The Bertz CT molecular complexity index is 300. The molecule has 0 saturated carbocycles. The molecule has 0 aromatic rings. The van der Waals surface area contributed by atoms with E-state index < -0.39 is 10.4 Å². The highest BCUT2D eigenvalue weighted by Crippen LogP contribution is 2.01. The van der Waals surface area contributed by atoms with Crippen molar-refractivity contribution in [1.29, 1.82) is 0 Å². The highest BCUT2D eigenvalue weighted by Gasteiger charge is 2.11. The molecule has 0 aromatic carbocycles. The minimum atomic E-state index is -3.95. The highest BCUT2D eigenvalue weighted by atomic mass is 32.3. The molecule has 0 aliphatic heterocycles. The van der Waals surface area contributed by atoms with Crippen molar-refractivity contribution < 1.29 is 26.3 Å². The summed E-state index contributed by atoms with van der Waals surface area (Å²) in [6.45, 7) is 10.0. The van der Waals surface area contributed by atoms with Gasteiger partial charge in [0.1, 0.15) is 0 Å². The zero-order valence-electron chi connectivity index (χ0n) is 13.7. The Labute approximate surface area is 129 Å². The summed E-state index contributed by atoms with van der Waals surface area (Å²) >= 11 is 0. The van der Waals surface area contributed by atoms with E-state index in [9.17, 15) is 8.42 Å². The number of hydrogen-bond donors (Lipinski definition) is 0. The number of rotatable bonds is 14. The van der Waals surface area contributed by atoms with E-state index in [2.05, 4.69) is 36.1 Å². The Hall–Kier alpha value is -0.210. The second kappa shape index (κ2) is 12.3. The molecular formula is C14H30O6S. The third kappa shape index (κ3) is 16.0. The number of ether oxygens (including phenoxy) is 2. The maximum Gasteiger partial charge on any atom is 0.400 e. The second-order valence-electron chi connectivity index (χ2n) is 5.64.